The lowest BCUT2D eigenvalue weighted by Gasteiger charge is -2.43. The average Bonchev–Trinajstić information content (AvgIpc) is 2.76. The molecule has 2 aromatic rings. The summed E-state index contributed by atoms with van der Waals surface area (Å²) in [6.45, 7) is 6.21. The van der Waals surface area contributed by atoms with Crippen molar-refractivity contribution in [3.8, 4) is 11.5 Å². The number of likely N-dealkylation sites (tertiary alicyclic amines) is 1. The van der Waals surface area contributed by atoms with Crippen LogP contribution >= 0.6 is 0 Å². The number of aliphatic hydroxyl groups excluding tert-OH is 1. The van der Waals surface area contributed by atoms with Gasteiger partial charge in [0.1, 0.15) is 24.7 Å². The summed E-state index contributed by atoms with van der Waals surface area (Å²) in [5, 5.41) is 19.1. The number of rotatable bonds is 9. The number of halogens is 2. The van der Waals surface area contributed by atoms with Gasteiger partial charge in [-0.25, -0.2) is 8.78 Å². The molecule has 0 amide bonds. The van der Waals surface area contributed by atoms with Crippen molar-refractivity contribution in [3.63, 3.8) is 0 Å². The fourth-order valence-corrected chi connectivity index (χ4v) is 5.00. The molecule has 0 unspecified atom stereocenters. The molecule has 0 radical (unpaired) electrons. The standard InChI is InChI=1S/C26H34F2N2O3/c1-3-19-14-29(15-19)10-11-33-23-7-4-20(5-8-23)25-24-9-6-22(32)13-21(24)12-18(2)30(25)16-26(27,28)17-31/h4-9,13,18-19,25,31-32H,3,10-12,14-17H2,1-2H3/t18-,25-/m0/s1. The Morgan fingerprint density at radius 3 is 2.52 bits per heavy atom. The maximum absolute atomic E-state index is 14.2. The number of aromatic hydroxyl groups is 1. The summed E-state index contributed by atoms with van der Waals surface area (Å²) in [7, 11) is 0. The molecular weight excluding hydrogens is 426 g/mol. The minimum absolute atomic E-state index is 0.171. The Labute approximate surface area is 194 Å². The smallest absolute Gasteiger partial charge is 0.283 e. The highest BCUT2D eigenvalue weighted by Gasteiger charge is 2.40. The molecule has 0 spiro atoms. The van der Waals surface area contributed by atoms with Crippen LogP contribution in [-0.4, -0.2) is 71.4 Å². The number of fused-ring (bicyclic) bond motifs is 1. The van der Waals surface area contributed by atoms with Gasteiger partial charge in [-0.2, -0.15) is 0 Å². The number of ether oxygens (including phenoxy) is 1. The van der Waals surface area contributed by atoms with Crippen LogP contribution in [-0.2, 0) is 6.42 Å². The van der Waals surface area contributed by atoms with Gasteiger partial charge in [-0.05, 0) is 60.2 Å². The van der Waals surface area contributed by atoms with Crippen molar-refractivity contribution in [2.45, 2.75) is 44.7 Å². The number of hydrogen-bond acceptors (Lipinski definition) is 5. The molecule has 4 rings (SSSR count). The molecule has 2 N–H and O–H groups in total. The van der Waals surface area contributed by atoms with Gasteiger partial charge in [-0.15, -0.1) is 0 Å². The number of nitrogens with zero attached hydrogens (tertiary/aromatic N) is 2. The predicted molar refractivity (Wildman–Crippen MR) is 124 cm³/mol. The molecule has 1 fully saturated rings. The third-order valence-electron chi connectivity index (χ3n) is 6.96. The van der Waals surface area contributed by atoms with E-state index in [1.165, 1.54) is 6.42 Å². The van der Waals surface area contributed by atoms with Gasteiger partial charge in [0.2, 0.25) is 0 Å². The second-order valence-electron chi connectivity index (χ2n) is 9.48. The van der Waals surface area contributed by atoms with Crippen LogP contribution in [0, 0.1) is 5.92 Å². The van der Waals surface area contributed by atoms with E-state index in [4.69, 9.17) is 4.74 Å². The lowest BCUT2D eigenvalue weighted by Crippen LogP contribution is -2.49. The van der Waals surface area contributed by atoms with E-state index in [1.807, 2.05) is 37.3 Å². The van der Waals surface area contributed by atoms with Gasteiger partial charge >= 0.3 is 0 Å². The third-order valence-corrected chi connectivity index (χ3v) is 6.96. The van der Waals surface area contributed by atoms with Crippen molar-refractivity contribution in [1.29, 1.82) is 0 Å². The molecule has 2 atom stereocenters. The molecule has 5 nitrogen and oxygen atoms in total. The normalized spacial score (nSPS) is 22.1. The summed E-state index contributed by atoms with van der Waals surface area (Å²) >= 11 is 0. The van der Waals surface area contributed by atoms with Crippen LogP contribution in [0.25, 0.3) is 0 Å². The topological polar surface area (TPSA) is 56.2 Å². The first kappa shape index (κ1) is 23.9. The quantitative estimate of drug-likeness (QED) is 0.591. The zero-order valence-corrected chi connectivity index (χ0v) is 19.4. The Hall–Kier alpha value is -2.22. The van der Waals surface area contributed by atoms with Crippen LogP contribution < -0.4 is 4.74 Å². The van der Waals surface area contributed by atoms with E-state index < -0.39 is 25.1 Å². The third kappa shape index (κ3) is 5.48. The van der Waals surface area contributed by atoms with E-state index in [-0.39, 0.29) is 11.8 Å². The molecule has 0 bridgehead atoms. The van der Waals surface area contributed by atoms with Crippen LogP contribution in [0.15, 0.2) is 42.5 Å². The highest BCUT2D eigenvalue weighted by Crippen LogP contribution is 2.40. The molecule has 180 valence electrons. The van der Waals surface area contributed by atoms with E-state index in [0.29, 0.717) is 13.0 Å². The molecule has 7 heteroatoms. The van der Waals surface area contributed by atoms with Gasteiger partial charge in [0.05, 0.1) is 12.6 Å². The van der Waals surface area contributed by atoms with Crippen LogP contribution in [0.5, 0.6) is 11.5 Å². The minimum atomic E-state index is -3.20. The number of phenolic OH excluding ortho intramolecular Hbond substituents is 1. The van der Waals surface area contributed by atoms with Crippen molar-refractivity contribution in [3.05, 3.63) is 59.2 Å². The van der Waals surface area contributed by atoms with Crippen LogP contribution in [0.4, 0.5) is 8.78 Å². The number of aliphatic hydroxyl groups is 1. The fourth-order valence-electron chi connectivity index (χ4n) is 5.00. The first-order valence-electron chi connectivity index (χ1n) is 11.8. The van der Waals surface area contributed by atoms with Crippen LogP contribution in [0.3, 0.4) is 0 Å². The molecule has 2 heterocycles. The van der Waals surface area contributed by atoms with Gasteiger partial charge in [-0.3, -0.25) is 9.80 Å². The largest absolute Gasteiger partial charge is 0.508 e. The first-order valence-corrected chi connectivity index (χ1v) is 11.8. The van der Waals surface area contributed by atoms with Crippen molar-refractivity contribution in [1.82, 2.24) is 9.80 Å². The monoisotopic (exact) mass is 460 g/mol. The van der Waals surface area contributed by atoms with E-state index in [2.05, 4.69) is 11.8 Å². The number of alkyl halides is 2. The van der Waals surface area contributed by atoms with Gasteiger partial charge in [0.25, 0.3) is 5.92 Å². The van der Waals surface area contributed by atoms with Crippen molar-refractivity contribution < 1.29 is 23.7 Å². The highest BCUT2D eigenvalue weighted by molar-refractivity contribution is 5.45. The Balaban J connectivity index is 1.51. The first-order chi connectivity index (χ1) is 15.8. The van der Waals surface area contributed by atoms with Gasteiger partial charge in [-0.1, -0.05) is 31.5 Å². The number of benzene rings is 2. The van der Waals surface area contributed by atoms with Gasteiger partial charge in [0.15, 0.2) is 0 Å². The highest BCUT2D eigenvalue weighted by atomic mass is 19.3. The summed E-state index contributed by atoms with van der Waals surface area (Å²) in [5.41, 5.74) is 2.73. The van der Waals surface area contributed by atoms with Gasteiger partial charge in [0, 0.05) is 25.7 Å². The SMILES string of the molecule is CCC1CN(CCOc2ccc([C@H]3c4ccc(O)cc4C[C@H](C)N3CC(F)(F)CO)cc2)C1. The summed E-state index contributed by atoms with van der Waals surface area (Å²) in [6.07, 6.45) is 1.78. The van der Waals surface area contributed by atoms with E-state index >= 15 is 0 Å². The van der Waals surface area contributed by atoms with Crippen molar-refractivity contribution in [2.75, 3.05) is 39.4 Å². The Morgan fingerprint density at radius 2 is 1.85 bits per heavy atom. The molecule has 1 saturated heterocycles. The zero-order chi connectivity index (χ0) is 23.6. The van der Waals surface area contributed by atoms with Crippen molar-refractivity contribution in [2.24, 2.45) is 5.92 Å². The summed E-state index contributed by atoms with van der Waals surface area (Å²) in [5.74, 6) is -1.45. The molecule has 2 aliphatic heterocycles. The number of hydrogen-bond donors (Lipinski definition) is 2. The molecule has 2 aliphatic rings. The van der Waals surface area contributed by atoms with E-state index in [0.717, 1.165) is 48.0 Å². The van der Waals surface area contributed by atoms with Crippen LogP contribution in [0.2, 0.25) is 0 Å². The molecule has 0 aromatic heterocycles. The minimum Gasteiger partial charge on any atom is -0.508 e. The Kier molecular flexibility index (Phi) is 7.22. The van der Waals surface area contributed by atoms with Crippen molar-refractivity contribution >= 4 is 0 Å². The van der Waals surface area contributed by atoms with E-state index in [1.54, 1.807) is 17.0 Å². The summed E-state index contributed by atoms with van der Waals surface area (Å²) in [6, 6.07) is 12.2. The molecule has 2 aromatic carbocycles. The predicted octanol–water partition coefficient (Wildman–Crippen LogP) is 4.08. The second kappa shape index (κ2) is 9.95. The molecule has 33 heavy (non-hydrogen) atoms. The Bertz CT molecular complexity index is 932. The maximum Gasteiger partial charge on any atom is 0.283 e. The molecular formula is C26H34F2N2O3. The zero-order valence-electron chi connectivity index (χ0n) is 19.4. The second-order valence-corrected chi connectivity index (χ2v) is 9.48. The summed E-state index contributed by atoms with van der Waals surface area (Å²) in [4.78, 5) is 4.14. The van der Waals surface area contributed by atoms with E-state index in [9.17, 15) is 19.0 Å². The molecule has 0 saturated carbocycles. The van der Waals surface area contributed by atoms with Crippen LogP contribution in [0.1, 0.15) is 43.0 Å². The maximum atomic E-state index is 14.2. The lowest BCUT2D eigenvalue weighted by molar-refractivity contribution is -0.0862. The lowest BCUT2D eigenvalue weighted by atomic mass is 9.84. The van der Waals surface area contributed by atoms with Gasteiger partial charge < -0.3 is 14.9 Å². The molecule has 0 aliphatic carbocycles. The average molecular weight is 461 g/mol. The summed E-state index contributed by atoms with van der Waals surface area (Å²) < 4.78 is 34.4. The Morgan fingerprint density at radius 1 is 1.12 bits per heavy atom. The fraction of sp³-hybridized carbons (Fsp3) is 0.538. The number of phenols is 1.